The summed E-state index contributed by atoms with van der Waals surface area (Å²) in [6.07, 6.45) is 0. The molecule has 0 N–H and O–H groups in total. The van der Waals surface area contributed by atoms with E-state index in [4.69, 9.17) is 0 Å². The van der Waals surface area contributed by atoms with Crippen molar-refractivity contribution in [3.63, 3.8) is 0 Å². The molecule has 0 bridgehead atoms. The number of pyridine rings is 1. The molecule has 0 radical (unpaired) electrons. The van der Waals surface area contributed by atoms with Crippen LogP contribution >= 0.6 is 0 Å². The molecule has 7 rings (SSSR count). The normalized spacial score (nSPS) is 11.9. The molecule has 1 aliphatic heterocycles. The Morgan fingerprint density at radius 2 is 1.06 bits per heavy atom. The Hall–Kier alpha value is -4.37. The van der Waals surface area contributed by atoms with E-state index in [0.717, 1.165) is 32.9 Å². The highest BCUT2D eigenvalue weighted by molar-refractivity contribution is 6.27. The molecule has 3 heteroatoms. The van der Waals surface area contributed by atoms with Crippen LogP contribution in [0.25, 0.3) is 60.3 Å². The fourth-order valence-corrected chi connectivity index (χ4v) is 5.52. The smallest absolute Gasteiger partial charge is 0.296 e. The fourth-order valence-electron chi connectivity index (χ4n) is 5.52. The van der Waals surface area contributed by atoms with E-state index in [-0.39, 0.29) is 5.69 Å². The third kappa shape index (κ3) is 2.31. The van der Waals surface area contributed by atoms with Crippen molar-refractivity contribution in [1.82, 2.24) is 8.97 Å². The first-order valence-corrected chi connectivity index (χ1v) is 11.2. The number of aryl methyl sites for hydroxylation is 1. The molecule has 5 aromatic rings. The monoisotopic (exact) mass is 424 g/mol. The van der Waals surface area contributed by atoms with Gasteiger partial charge in [-0.05, 0) is 34.0 Å². The molecular weight excluding hydrogens is 404 g/mol. The average molecular weight is 425 g/mol. The zero-order valence-corrected chi connectivity index (χ0v) is 18.1. The zero-order valence-electron chi connectivity index (χ0n) is 18.1. The van der Waals surface area contributed by atoms with Crippen molar-refractivity contribution in [2.45, 2.75) is 0 Å². The van der Waals surface area contributed by atoms with Crippen LogP contribution in [0, 0.1) is 0 Å². The lowest BCUT2D eigenvalue weighted by molar-refractivity contribution is 0.836. The van der Waals surface area contributed by atoms with Gasteiger partial charge in [0.2, 0.25) is 0 Å². The molecule has 2 aliphatic rings. The largest absolute Gasteiger partial charge is 0.333 e. The van der Waals surface area contributed by atoms with Gasteiger partial charge < -0.3 is 0 Å². The Bertz CT molecular complexity index is 1890. The molecule has 1 aliphatic carbocycles. The van der Waals surface area contributed by atoms with E-state index in [2.05, 4.69) is 84.9 Å². The van der Waals surface area contributed by atoms with Crippen LogP contribution < -0.4 is 5.69 Å². The number of aromatic nitrogens is 2. The highest BCUT2D eigenvalue weighted by atomic mass is 16.1. The molecule has 2 heterocycles. The Balaban J connectivity index is 1.91. The average Bonchev–Trinajstić information content (AvgIpc) is 3.22. The molecule has 0 amide bonds. The molecule has 3 nitrogen and oxygen atoms in total. The number of benzene rings is 4. The third-order valence-electron chi connectivity index (χ3n) is 6.90. The SMILES string of the molecule is Cn1c(=O)n2c3ccccc3c3c(-c4ccccc4)c4ccccc4c-3c2c2ccccc21. The number of hydrogen-bond donors (Lipinski definition) is 0. The van der Waals surface area contributed by atoms with E-state index in [1.165, 1.54) is 27.5 Å². The molecule has 4 aromatic carbocycles. The predicted molar refractivity (Wildman–Crippen MR) is 137 cm³/mol. The van der Waals surface area contributed by atoms with Crippen molar-refractivity contribution in [2.24, 2.45) is 7.05 Å². The second kappa shape index (κ2) is 6.57. The van der Waals surface area contributed by atoms with Crippen LogP contribution in [-0.4, -0.2) is 8.97 Å². The highest BCUT2D eigenvalue weighted by Crippen LogP contribution is 2.50. The van der Waals surface area contributed by atoms with Crippen LogP contribution in [-0.2, 0) is 7.05 Å². The van der Waals surface area contributed by atoms with Gasteiger partial charge in [-0.2, -0.15) is 0 Å². The van der Waals surface area contributed by atoms with Crippen LogP contribution in [0.15, 0.2) is 108 Å². The first kappa shape index (κ1) is 18.2. The van der Waals surface area contributed by atoms with Crippen molar-refractivity contribution in [2.75, 3.05) is 0 Å². The second-order valence-corrected chi connectivity index (χ2v) is 8.60. The Labute approximate surface area is 190 Å². The summed E-state index contributed by atoms with van der Waals surface area (Å²) >= 11 is 0. The summed E-state index contributed by atoms with van der Waals surface area (Å²) in [5, 5.41) is 4.55. The maximum atomic E-state index is 13.7. The summed E-state index contributed by atoms with van der Waals surface area (Å²) in [6, 6.07) is 35.6. The van der Waals surface area contributed by atoms with Gasteiger partial charge in [-0.3, -0.25) is 8.97 Å². The molecular formula is C30H20N2O. The molecule has 33 heavy (non-hydrogen) atoms. The van der Waals surface area contributed by atoms with Gasteiger partial charge in [-0.25, -0.2) is 4.79 Å². The van der Waals surface area contributed by atoms with Gasteiger partial charge in [0, 0.05) is 28.9 Å². The molecule has 0 atom stereocenters. The van der Waals surface area contributed by atoms with Crippen LogP contribution in [0.1, 0.15) is 0 Å². The van der Waals surface area contributed by atoms with Gasteiger partial charge in [-0.15, -0.1) is 0 Å². The Morgan fingerprint density at radius 1 is 0.515 bits per heavy atom. The lowest BCUT2D eigenvalue weighted by Crippen LogP contribution is -2.26. The number of nitrogens with zero attached hydrogens (tertiary/aromatic N) is 2. The first-order valence-electron chi connectivity index (χ1n) is 11.2. The Morgan fingerprint density at radius 3 is 1.79 bits per heavy atom. The third-order valence-corrected chi connectivity index (χ3v) is 6.90. The van der Waals surface area contributed by atoms with Crippen LogP contribution in [0.3, 0.4) is 0 Å². The van der Waals surface area contributed by atoms with Gasteiger partial charge in [0.1, 0.15) is 0 Å². The molecule has 1 aromatic heterocycles. The molecule has 0 fully saturated rings. The van der Waals surface area contributed by atoms with Crippen LogP contribution in [0.5, 0.6) is 0 Å². The van der Waals surface area contributed by atoms with E-state index in [9.17, 15) is 4.79 Å². The van der Waals surface area contributed by atoms with Gasteiger partial charge >= 0.3 is 5.69 Å². The fraction of sp³-hybridized carbons (Fsp3) is 0.0333. The van der Waals surface area contributed by atoms with Crippen molar-refractivity contribution < 1.29 is 0 Å². The maximum absolute atomic E-state index is 13.7. The van der Waals surface area contributed by atoms with Gasteiger partial charge in [-0.1, -0.05) is 91.0 Å². The maximum Gasteiger partial charge on any atom is 0.333 e. The summed E-state index contributed by atoms with van der Waals surface area (Å²) in [4.78, 5) is 13.7. The lowest BCUT2D eigenvalue weighted by Gasteiger charge is -2.18. The van der Waals surface area contributed by atoms with Crippen molar-refractivity contribution in [1.29, 1.82) is 0 Å². The summed E-state index contributed by atoms with van der Waals surface area (Å²) in [5.74, 6) is 0. The summed E-state index contributed by atoms with van der Waals surface area (Å²) < 4.78 is 3.66. The van der Waals surface area contributed by atoms with Crippen molar-refractivity contribution in [3.8, 4) is 22.3 Å². The van der Waals surface area contributed by atoms with Crippen molar-refractivity contribution >= 4 is 38.1 Å². The predicted octanol–water partition coefficient (Wildman–Crippen LogP) is 6.87. The molecule has 156 valence electrons. The summed E-state index contributed by atoms with van der Waals surface area (Å²) in [5.41, 5.74) is 7.56. The summed E-state index contributed by atoms with van der Waals surface area (Å²) in [6.45, 7) is 0. The molecule has 0 saturated carbocycles. The number of rotatable bonds is 1. The zero-order chi connectivity index (χ0) is 22.1. The van der Waals surface area contributed by atoms with Crippen LogP contribution in [0.4, 0.5) is 0 Å². The number of fused-ring (bicyclic) bond motifs is 10. The Kier molecular flexibility index (Phi) is 3.63. The number of hydrogen-bond acceptors (Lipinski definition) is 1. The molecule has 0 spiro atoms. The number of para-hydroxylation sites is 2. The minimum atomic E-state index is -0.0339. The molecule has 0 saturated heterocycles. The lowest BCUT2D eigenvalue weighted by atomic mass is 9.94. The molecule has 0 unspecified atom stereocenters. The topological polar surface area (TPSA) is 26.4 Å². The summed E-state index contributed by atoms with van der Waals surface area (Å²) in [7, 11) is 1.86. The highest BCUT2D eigenvalue weighted by Gasteiger charge is 2.26. The minimum absolute atomic E-state index is 0.0339. The van der Waals surface area contributed by atoms with E-state index in [1.807, 2.05) is 29.6 Å². The van der Waals surface area contributed by atoms with Gasteiger partial charge in [0.25, 0.3) is 0 Å². The van der Waals surface area contributed by atoms with Gasteiger partial charge in [0.15, 0.2) is 0 Å². The van der Waals surface area contributed by atoms with E-state index >= 15 is 0 Å². The van der Waals surface area contributed by atoms with Crippen LogP contribution in [0.2, 0.25) is 0 Å². The minimum Gasteiger partial charge on any atom is -0.296 e. The van der Waals surface area contributed by atoms with E-state index in [0.29, 0.717) is 0 Å². The quantitative estimate of drug-likeness (QED) is 0.264. The van der Waals surface area contributed by atoms with Crippen molar-refractivity contribution in [3.05, 3.63) is 114 Å². The van der Waals surface area contributed by atoms with E-state index in [1.54, 1.807) is 4.57 Å². The first-order chi connectivity index (χ1) is 16.3. The second-order valence-electron chi connectivity index (χ2n) is 8.60. The standard InChI is InChI=1S/C30H20N2O/c1-31-24-17-9-8-16-23(24)29-28-21-14-6-5-13-20(21)26(19-11-3-2-4-12-19)27(28)22-15-7-10-18-25(22)32(29)30(31)33/h2-18H,1H3. The van der Waals surface area contributed by atoms with Gasteiger partial charge in [0.05, 0.1) is 16.6 Å². The van der Waals surface area contributed by atoms with E-state index < -0.39 is 0 Å².